The van der Waals surface area contributed by atoms with E-state index in [1.807, 2.05) is 51.1 Å². The molecule has 2 aromatic rings. The van der Waals surface area contributed by atoms with Crippen molar-refractivity contribution in [3.8, 4) is 0 Å². The Kier molecular flexibility index (Phi) is 13.3. The van der Waals surface area contributed by atoms with Crippen LogP contribution in [0.25, 0.3) is 0 Å². The van der Waals surface area contributed by atoms with E-state index in [2.05, 4.69) is 24.3 Å². The maximum atomic E-state index is 5.80. The molecule has 2 aromatic carbocycles. The maximum absolute atomic E-state index is 5.80. The molecule has 0 saturated carbocycles. The van der Waals surface area contributed by atoms with Crippen molar-refractivity contribution in [3.05, 3.63) is 60.2 Å². The Hall–Kier alpha value is -0.684. The Morgan fingerprint density at radius 3 is 1.78 bits per heavy atom. The number of hydrogen-bond acceptors (Lipinski definition) is 3. The predicted octanol–water partition coefficient (Wildman–Crippen LogP) is 4.40. The molecule has 0 aliphatic rings. The van der Waals surface area contributed by atoms with Crippen molar-refractivity contribution in [3.63, 3.8) is 0 Å². The Labute approximate surface area is 152 Å². The Morgan fingerprint density at radius 2 is 1.43 bits per heavy atom. The fraction of sp³-hybridized carbons (Fsp3) is 0.444. The van der Waals surface area contributed by atoms with E-state index >= 15 is 0 Å². The Bertz CT molecular complexity index is 409. The van der Waals surface area contributed by atoms with Crippen LogP contribution >= 0.6 is 0 Å². The Morgan fingerprint density at radius 1 is 0.870 bits per heavy atom. The van der Waals surface area contributed by atoms with Gasteiger partial charge in [-0.05, 0) is 27.2 Å². The summed E-state index contributed by atoms with van der Waals surface area (Å²) >= 11 is 0. The third kappa shape index (κ3) is 9.25. The molecule has 0 aliphatic carbocycles. The van der Waals surface area contributed by atoms with Gasteiger partial charge in [-0.2, -0.15) is 35.9 Å². The molecule has 2 rings (SSSR count). The van der Waals surface area contributed by atoms with Gasteiger partial charge in [0.1, 0.15) is 0 Å². The van der Waals surface area contributed by atoms with E-state index in [0.29, 0.717) is 19.8 Å². The van der Waals surface area contributed by atoms with Crippen LogP contribution < -0.4 is 0 Å². The van der Waals surface area contributed by atoms with E-state index < -0.39 is 8.80 Å². The van der Waals surface area contributed by atoms with Crippen LogP contribution in [0.5, 0.6) is 0 Å². The first kappa shape index (κ1) is 22.3. The second-order valence-corrected chi connectivity index (χ2v) is 7.47. The van der Waals surface area contributed by atoms with Gasteiger partial charge in [-0.15, -0.1) is 0 Å². The third-order valence-electron chi connectivity index (χ3n) is 3.10. The van der Waals surface area contributed by atoms with E-state index in [4.69, 9.17) is 13.3 Å². The fourth-order valence-electron chi connectivity index (χ4n) is 2.20. The van der Waals surface area contributed by atoms with Crippen LogP contribution in [-0.4, -0.2) is 28.6 Å². The molecular formula is C18H28FeO3Si. The van der Waals surface area contributed by atoms with Crippen molar-refractivity contribution in [2.75, 3.05) is 19.8 Å². The normalized spacial score (nSPS) is 10.6. The average molecular weight is 376 g/mol. The van der Waals surface area contributed by atoms with Crippen LogP contribution in [-0.2, 0) is 36.8 Å². The third-order valence-corrected chi connectivity index (χ3v) is 6.15. The second-order valence-electron chi connectivity index (χ2n) is 4.74. The first-order valence-electron chi connectivity index (χ1n) is 8.05. The summed E-state index contributed by atoms with van der Waals surface area (Å²) in [4.78, 5) is 0. The summed E-state index contributed by atoms with van der Waals surface area (Å²) in [5, 5.41) is 0. The summed E-state index contributed by atoms with van der Waals surface area (Å²) in [6, 6.07) is 19.2. The van der Waals surface area contributed by atoms with Crippen LogP contribution in [0.4, 0.5) is 0 Å². The van der Waals surface area contributed by atoms with Gasteiger partial charge >= 0.3 is 25.9 Å². The van der Waals surface area contributed by atoms with Gasteiger partial charge in [-0.25, -0.2) is 24.3 Å². The van der Waals surface area contributed by atoms with Gasteiger partial charge in [0.15, 0.2) is 0 Å². The molecular weight excluding hydrogens is 348 g/mol. The monoisotopic (exact) mass is 376 g/mol. The van der Waals surface area contributed by atoms with E-state index in [-0.39, 0.29) is 17.1 Å². The van der Waals surface area contributed by atoms with Crippen molar-refractivity contribution in [2.24, 2.45) is 0 Å². The summed E-state index contributed by atoms with van der Waals surface area (Å²) in [7, 11) is -2.45. The van der Waals surface area contributed by atoms with Crippen LogP contribution in [0, 0.1) is 0 Å². The van der Waals surface area contributed by atoms with E-state index in [1.165, 1.54) is 5.56 Å². The molecule has 5 heteroatoms. The van der Waals surface area contributed by atoms with Gasteiger partial charge in [0, 0.05) is 25.9 Å². The zero-order valence-electron chi connectivity index (χ0n) is 14.3. The fourth-order valence-corrected chi connectivity index (χ4v) is 4.80. The summed E-state index contributed by atoms with van der Waals surface area (Å²) in [6.45, 7) is 7.90. The second kappa shape index (κ2) is 13.7. The molecule has 0 heterocycles. The molecule has 0 atom stereocenters. The summed E-state index contributed by atoms with van der Waals surface area (Å²) < 4.78 is 17.4. The van der Waals surface area contributed by atoms with Crippen molar-refractivity contribution >= 4 is 8.80 Å². The van der Waals surface area contributed by atoms with E-state index in [9.17, 15) is 0 Å². The summed E-state index contributed by atoms with van der Waals surface area (Å²) in [5.41, 5.74) is 1.32. The molecule has 0 amide bonds. The maximum Gasteiger partial charge on any atom is 2.00 e. The molecule has 0 bridgehead atoms. The number of hydrogen-bond donors (Lipinski definition) is 0. The number of rotatable bonds is 9. The summed E-state index contributed by atoms with van der Waals surface area (Å²) in [5.74, 6) is 0. The molecule has 0 aromatic heterocycles. The summed E-state index contributed by atoms with van der Waals surface area (Å²) in [6.07, 6.45) is 0.958. The molecule has 0 radical (unpaired) electrons. The first-order valence-corrected chi connectivity index (χ1v) is 9.98. The van der Waals surface area contributed by atoms with Gasteiger partial charge in [0.25, 0.3) is 0 Å². The smallest absolute Gasteiger partial charge is 0.374 e. The van der Waals surface area contributed by atoms with Crippen molar-refractivity contribution in [2.45, 2.75) is 33.2 Å². The molecule has 23 heavy (non-hydrogen) atoms. The van der Waals surface area contributed by atoms with Crippen LogP contribution in [0.2, 0.25) is 6.04 Å². The van der Waals surface area contributed by atoms with Gasteiger partial charge < -0.3 is 13.3 Å². The molecule has 0 fully saturated rings. The van der Waals surface area contributed by atoms with Gasteiger partial charge in [0.05, 0.1) is 0 Å². The Balaban J connectivity index is 0.000000684. The van der Waals surface area contributed by atoms with E-state index in [0.717, 1.165) is 12.5 Å². The zero-order valence-corrected chi connectivity index (χ0v) is 16.4. The zero-order chi connectivity index (χ0) is 16.1. The van der Waals surface area contributed by atoms with Crippen molar-refractivity contribution in [1.82, 2.24) is 0 Å². The first-order chi connectivity index (χ1) is 10.8. The number of aryl methyl sites for hydroxylation is 1. The molecule has 0 saturated heterocycles. The SMILES string of the molecule is CCO[Si](CCc1ccc[cH-]1)(OCC)OCC.[Fe+2].c1cc[cH-]c1. The average Bonchev–Trinajstić information content (AvgIpc) is 3.22. The minimum atomic E-state index is -2.45. The van der Waals surface area contributed by atoms with Crippen LogP contribution in [0.1, 0.15) is 26.3 Å². The van der Waals surface area contributed by atoms with Crippen LogP contribution in [0.3, 0.4) is 0 Å². The van der Waals surface area contributed by atoms with Crippen LogP contribution in [0.15, 0.2) is 54.6 Å². The molecule has 3 nitrogen and oxygen atoms in total. The quantitative estimate of drug-likeness (QED) is 0.480. The molecule has 0 spiro atoms. The molecule has 0 aliphatic heterocycles. The van der Waals surface area contributed by atoms with Crippen molar-refractivity contribution < 1.29 is 30.3 Å². The topological polar surface area (TPSA) is 27.7 Å². The largest absolute Gasteiger partial charge is 2.00 e. The van der Waals surface area contributed by atoms with E-state index in [1.54, 1.807) is 0 Å². The predicted molar refractivity (Wildman–Crippen MR) is 93.2 cm³/mol. The molecule has 0 unspecified atom stereocenters. The van der Waals surface area contributed by atoms with Gasteiger partial charge in [0.2, 0.25) is 0 Å². The minimum absolute atomic E-state index is 0. The van der Waals surface area contributed by atoms with Gasteiger partial charge in [-0.3, -0.25) is 0 Å². The molecule has 130 valence electrons. The molecule has 0 N–H and O–H groups in total. The standard InChI is InChI=1S/C13H23O3Si.C5H5.Fe/c1-4-14-17(15-5-2,16-6-3)12-11-13-9-7-8-10-13;1-2-4-5-3-1;/h7-10H,4-6,11-12H2,1-3H3;1-5H;/q2*-1;+2. The minimum Gasteiger partial charge on any atom is -0.374 e. The van der Waals surface area contributed by atoms with Gasteiger partial charge in [-0.1, -0.05) is 0 Å². The van der Waals surface area contributed by atoms with Crippen molar-refractivity contribution in [1.29, 1.82) is 0 Å².